The Kier molecular flexibility index (Phi) is 4.22. The predicted molar refractivity (Wildman–Crippen MR) is 74.6 cm³/mol. The summed E-state index contributed by atoms with van der Waals surface area (Å²) in [5, 5.41) is 12.5. The third kappa shape index (κ3) is 2.83. The molecular weight excluding hydrogens is 222 g/mol. The zero-order chi connectivity index (χ0) is 13.0. The molecule has 0 saturated carbocycles. The molecule has 0 aromatic heterocycles. The van der Waals surface area contributed by atoms with E-state index in [0.29, 0.717) is 12.3 Å². The monoisotopic (exact) mass is 243 g/mol. The molecule has 1 aliphatic rings. The fourth-order valence-corrected chi connectivity index (χ4v) is 2.62. The molecule has 2 unspecified atom stereocenters. The van der Waals surface area contributed by atoms with Gasteiger partial charge in [-0.15, -0.1) is 0 Å². The Morgan fingerprint density at radius 1 is 1.39 bits per heavy atom. The number of rotatable bonds is 2. The van der Waals surface area contributed by atoms with Crippen LogP contribution in [0.25, 0.3) is 0 Å². The molecule has 2 rings (SSSR count). The predicted octanol–water partition coefficient (Wildman–Crippen LogP) is 2.32. The van der Waals surface area contributed by atoms with Crippen molar-refractivity contribution in [1.82, 2.24) is 5.32 Å². The second-order valence-corrected chi connectivity index (χ2v) is 5.22. The summed E-state index contributed by atoms with van der Waals surface area (Å²) >= 11 is 0. The van der Waals surface area contributed by atoms with Crippen molar-refractivity contribution in [3.05, 3.63) is 29.8 Å². The van der Waals surface area contributed by atoms with Gasteiger partial charge in [-0.1, -0.05) is 25.1 Å². The summed E-state index contributed by atoms with van der Waals surface area (Å²) in [4.78, 5) is 2.41. The molecule has 2 atom stereocenters. The molecule has 0 radical (unpaired) electrons. The number of nitriles is 1. The van der Waals surface area contributed by atoms with Crippen LogP contribution in [0.15, 0.2) is 24.3 Å². The van der Waals surface area contributed by atoms with E-state index < -0.39 is 0 Å². The second-order valence-electron chi connectivity index (χ2n) is 5.22. The van der Waals surface area contributed by atoms with E-state index in [-0.39, 0.29) is 6.04 Å². The van der Waals surface area contributed by atoms with Crippen molar-refractivity contribution in [2.75, 3.05) is 24.5 Å². The van der Waals surface area contributed by atoms with Gasteiger partial charge in [0.05, 0.1) is 18.5 Å². The summed E-state index contributed by atoms with van der Waals surface area (Å²) in [5.74, 6) is 0.605. The molecule has 0 bridgehead atoms. The zero-order valence-corrected chi connectivity index (χ0v) is 11.2. The van der Waals surface area contributed by atoms with Crippen molar-refractivity contribution < 1.29 is 0 Å². The Labute approximate surface area is 109 Å². The van der Waals surface area contributed by atoms with E-state index in [1.807, 2.05) is 0 Å². The van der Waals surface area contributed by atoms with Gasteiger partial charge >= 0.3 is 0 Å². The number of para-hydroxylation sites is 1. The van der Waals surface area contributed by atoms with Crippen LogP contribution >= 0.6 is 0 Å². The smallest absolute Gasteiger partial charge is 0.0643 e. The molecule has 3 heteroatoms. The van der Waals surface area contributed by atoms with Gasteiger partial charge in [0.1, 0.15) is 0 Å². The molecule has 1 heterocycles. The van der Waals surface area contributed by atoms with Gasteiger partial charge in [0.25, 0.3) is 0 Å². The first kappa shape index (κ1) is 12.9. The summed E-state index contributed by atoms with van der Waals surface area (Å²) in [6, 6.07) is 11.0. The van der Waals surface area contributed by atoms with Crippen molar-refractivity contribution in [1.29, 1.82) is 5.26 Å². The summed E-state index contributed by atoms with van der Waals surface area (Å²) < 4.78 is 0. The second kappa shape index (κ2) is 5.88. The lowest BCUT2D eigenvalue weighted by molar-refractivity contribution is 0.563. The normalized spacial score (nSPS) is 24.4. The van der Waals surface area contributed by atoms with Gasteiger partial charge in [0, 0.05) is 18.8 Å². The highest BCUT2D eigenvalue weighted by atomic mass is 15.2. The number of nitrogens with zero attached hydrogens (tertiary/aromatic N) is 2. The number of hydrogen-bond acceptors (Lipinski definition) is 3. The third-order valence-electron chi connectivity index (χ3n) is 3.57. The van der Waals surface area contributed by atoms with Crippen molar-refractivity contribution in [3.63, 3.8) is 0 Å². The maximum atomic E-state index is 9.01. The summed E-state index contributed by atoms with van der Waals surface area (Å²) in [6.45, 7) is 7.34. The van der Waals surface area contributed by atoms with E-state index in [2.05, 4.69) is 54.4 Å². The molecule has 1 saturated heterocycles. The fourth-order valence-electron chi connectivity index (χ4n) is 2.62. The van der Waals surface area contributed by atoms with E-state index in [0.717, 1.165) is 19.6 Å². The molecule has 0 spiro atoms. The first-order valence-electron chi connectivity index (χ1n) is 6.62. The number of benzene rings is 1. The maximum absolute atomic E-state index is 9.01. The standard InChI is InChI=1S/C15H21N3/c1-12-9-17-10-14(7-8-16)18(11-12)15-6-4-3-5-13(15)2/h3-6,12,14,17H,7,9-11H2,1-2H3. The molecule has 1 aromatic carbocycles. The highest BCUT2D eigenvalue weighted by Gasteiger charge is 2.24. The van der Waals surface area contributed by atoms with E-state index >= 15 is 0 Å². The summed E-state index contributed by atoms with van der Waals surface area (Å²) in [5.41, 5.74) is 2.56. The average molecular weight is 243 g/mol. The number of nitrogens with one attached hydrogen (secondary N) is 1. The first-order chi connectivity index (χ1) is 8.72. The quantitative estimate of drug-likeness (QED) is 0.866. The van der Waals surface area contributed by atoms with Crippen molar-refractivity contribution in [3.8, 4) is 6.07 Å². The highest BCUT2D eigenvalue weighted by molar-refractivity contribution is 5.54. The van der Waals surface area contributed by atoms with Gasteiger partial charge in [0.15, 0.2) is 0 Å². The van der Waals surface area contributed by atoms with Crippen LogP contribution in [-0.2, 0) is 0 Å². The zero-order valence-electron chi connectivity index (χ0n) is 11.2. The topological polar surface area (TPSA) is 39.1 Å². The van der Waals surface area contributed by atoms with Crippen LogP contribution in [0.2, 0.25) is 0 Å². The van der Waals surface area contributed by atoms with Crippen molar-refractivity contribution in [2.45, 2.75) is 26.3 Å². The number of hydrogen-bond donors (Lipinski definition) is 1. The molecule has 1 aliphatic heterocycles. The first-order valence-corrected chi connectivity index (χ1v) is 6.62. The molecule has 0 aliphatic carbocycles. The summed E-state index contributed by atoms with van der Waals surface area (Å²) in [6.07, 6.45) is 0.577. The molecule has 3 nitrogen and oxygen atoms in total. The Hall–Kier alpha value is -1.53. The van der Waals surface area contributed by atoms with Crippen LogP contribution in [0.3, 0.4) is 0 Å². The molecule has 1 fully saturated rings. The van der Waals surface area contributed by atoms with Crippen LogP contribution < -0.4 is 10.2 Å². The van der Waals surface area contributed by atoms with Gasteiger partial charge in [-0.25, -0.2) is 0 Å². The minimum Gasteiger partial charge on any atom is -0.366 e. The highest BCUT2D eigenvalue weighted by Crippen LogP contribution is 2.25. The third-order valence-corrected chi connectivity index (χ3v) is 3.57. The largest absolute Gasteiger partial charge is 0.366 e. The van der Waals surface area contributed by atoms with Gasteiger partial charge in [-0.2, -0.15) is 5.26 Å². The van der Waals surface area contributed by atoms with E-state index in [4.69, 9.17) is 5.26 Å². The van der Waals surface area contributed by atoms with Crippen LogP contribution in [0.5, 0.6) is 0 Å². The molecule has 96 valence electrons. The van der Waals surface area contributed by atoms with Crippen molar-refractivity contribution >= 4 is 5.69 Å². The van der Waals surface area contributed by atoms with Crippen LogP contribution in [0.1, 0.15) is 18.9 Å². The minimum absolute atomic E-state index is 0.279. The van der Waals surface area contributed by atoms with E-state index in [1.165, 1.54) is 11.3 Å². The van der Waals surface area contributed by atoms with E-state index in [1.54, 1.807) is 0 Å². The lowest BCUT2D eigenvalue weighted by Crippen LogP contribution is -2.40. The van der Waals surface area contributed by atoms with E-state index in [9.17, 15) is 0 Å². The van der Waals surface area contributed by atoms with Gasteiger partial charge in [-0.05, 0) is 31.0 Å². The fraction of sp³-hybridized carbons (Fsp3) is 0.533. The van der Waals surface area contributed by atoms with Crippen LogP contribution in [0, 0.1) is 24.2 Å². The van der Waals surface area contributed by atoms with Gasteiger partial charge in [0.2, 0.25) is 0 Å². The Morgan fingerprint density at radius 2 is 2.17 bits per heavy atom. The van der Waals surface area contributed by atoms with Gasteiger partial charge in [-0.3, -0.25) is 0 Å². The minimum atomic E-state index is 0.279. The lowest BCUT2D eigenvalue weighted by Gasteiger charge is -2.32. The lowest BCUT2D eigenvalue weighted by atomic mass is 10.1. The molecule has 18 heavy (non-hydrogen) atoms. The van der Waals surface area contributed by atoms with Crippen LogP contribution in [0.4, 0.5) is 5.69 Å². The molecular formula is C15H21N3. The summed E-state index contributed by atoms with van der Waals surface area (Å²) in [7, 11) is 0. The Morgan fingerprint density at radius 3 is 2.89 bits per heavy atom. The molecule has 0 amide bonds. The van der Waals surface area contributed by atoms with Crippen molar-refractivity contribution in [2.24, 2.45) is 5.92 Å². The van der Waals surface area contributed by atoms with Crippen LogP contribution in [-0.4, -0.2) is 25.7 Å². The van der Waals surface area contributed by atoms with Gasteiger partial charge < -0.3 is 10.2 Å². The SMILES string of the molecule is Cc1ccccc1N1CC(C)CNCC1CC#N. The molecule has 1 aromatic rings. The number of aryl methyl sites for hydroxylation is 1. The Bertz CT molecular complexity index is 436. The molecule has 1 N–H and O–H groups in total. The Balaban J connectivity index is 2.30. The average Bonchev–Trinajstić information content (AvgIpc) is 2.53. The maximum Gasteiger partial charge on any atom is 0.0643 e. The number of anilines is 1.